The fraction of sp³-hybridized carbons (Fsp3) is 0.250. The number of ether oxygens (including phenoxy) is 1. The van der Waals surface area contributed by atoms with Crippen molar-refractivity contribution >= 4 is 15.9 Å². The quantitative estimate of drug-likeness (QED) is 0.925. The lowest BCUT2D eigenvalue weighted by Crippen LogP contribution is -2.24. The van der Waals surface area contributed by atoms with Crippen molar-refractivity contribution in [3.8, 4) is 5.75 Å². The van der Waals surface area contributed by atoms with Gasteiger partial charge in [-0.05, 0) is 36.2 Å². The van der Waals surface area contributed by atoms with Crippen LogP contribution in [0.25, 0.3) is 0 Å². The first-order chi connectivity index (χ1) is 9.03. The maximum absolute atomic E-state index is 10.7. The second kappa shape index (κ2) is 5.76. The molecule has 0 bridgehead atoms. The molecular weight excluding hydrogens is 304 g/mol. The van der Waals surface area contributed by atoms with E-state index in [1.165, 1.54) is 0 Å². The van der Waals surface area contributed by atoms with Crippen molar-refractivity contribution in [2.24, 2.45) is 0 Å². The van der Waals surface area contributed by atoms with E-state index in [2.05, 4.69) is 15.9 Å². The van der Waals surface area contributed by atoms with Crippen LogP contribution in [0, 0.1) is 0 Å². The van der Waals surface area contributed by atoms with Crippen molar-refractivity contribution in [1.82, 2.24) is 0 Å². The van der Waals surface area contributed by atoms with Crippen LogP contribution in [-0.4, -0.2) is 12.2 Å². The van der Waals surface area contributed by atoms with Crippen LogP contribution in [0.1, 0.15) is 18.1 Å². The molecule has 0 aliphatic carbocycles. The lowest BCUT2D eigenvalue weighted by Gasteiger charge is -2.25. The topological polar surface area (TPSA) is 29.5 Å². The van der Waals surface area contributed by atoms with Gasteiger partial charge in [0.25, 0.3) is 0 Å². The number of hydrogen-bond donors (Lipinski definition) is 1. The zero-order valence-corrected chi connectivity index (χ0v) is 12.6. The average Bonchev–Trinajstić information content (AvgIpc) is 2.41. The second-order valence-corrected chi connectivity index (χ2v) is 5.63. The molecular formula is C16H17BrO2. The van der Waals surface area contributed by atoms with E-state index in [0.717, 1.165) is 21.3 Å². The van der Waals surface area contributed by atoms with Crippen LogP contribution in [0.3, 0.4) is 0 Å². The number of hydrogen-bond acceptors (Lipinski definition) is 2. The molecule has 0 aliphatic rings. The maximum atomic E-state index is 10.7. The number of halogens is 1. The van der Waals surface area contributed by atoms with Gasteiger partial charge in [-0.1, -0.05) is 46.3 Å². The molecule has 2 nitrogen and oxygen atoms in total. The predicted molar refractivity (Wildman–Crippen MR) is 80.4 cm³/mol. The van der Waals surface area contributed by atoms with Gasteiger partial charge in [0.1, 0.15) is 5.75 Å². The standard InChI is InChI=1S/C16H17BrO2/c1-16(18,11-12-6-3-4-9-15(12)17)13-7-5-8-14(10-13)19-2/h3-10,18H,11H2,1-2H3. The van der Waals surface area contributed by atoms with Crippen molar-refractivity contribution in [3.05, 3.63) is 64.1 Å². The fourth-order valence-electron chi connectivity index (χ4n) is 2.07. The maximum Gasteiger partial charge on any atom is 0.119 e. The van der Waals surface area contributed by atoms with Crippen LogP contribution < -0.4 is 4.74 Å². The van der Waals surface area contributed by atoms with Gasteiger partial charge in [0.05, 0.1) is 12.7 Å². The minimum absolute atomic E-state index is 0.543. The molecule has 0 aliphatic heterocycles. The Bertz CT molecular complexity index is 564. The van der Waals surface area contributed by atoms with E-state index >= 15 is 0 Å². The first kappa shape index (κ1) is 14.1. The molecule has 0 saturated heterocycles. The normalized spacial score (nSPS) is 13.9. The largest absolute Gasteiger partial charge is 0.497 e. The van der Waals surface area contributed by atoms with Gasteiger partial charge in [0.2, 0.25) is 0 Å². The third-order valence-electron chi connectivity index (χ3n) is 3.18. The molecule has 1 unspecified atom stereocenters. The number of methoxy groups -OCH3 is 1. The van der Waals surface area contributed by atoms with E-state index < -0.39 is 5.60 Å². The molecule has 100 valence electrons. The summed E-state index contributed by atoms with van der Waals surface area (Å²) in [4.78, 5) is 0. The summed E-state index contributed by atoms with van der Waals surface area (Å²) in [6.07, 6.45) is 0.543. The Hall–Kier alpha value is -1.32. The van der Waals surface area contributed by atoms with Crippen LogP contribution >= 0.6 is 15.9 Å². The predicted octanol–water partition coefficient (Wildman–Crippen LogP) is 3.91. The molecule has 0 radical (unpaired) electrons. The highest BCUT2D eigenvalue weighted by molar-refractivity contribution is 9.10. The first-order valence-corrected chi connectivity index (χ1v) is 6.92. The SMILES string of the molecule is COc1cccc(C(C)(O)Cc2ccccc2Br)c1. The number of benzene rings is 2. The Kier molecular flexibility index (Phi) is 4.27. The summed E-state index contributed by atoms with van der Waals surface area (Å²) in [5.41, 5.74) is 0.997. The smallest absolute Gasteiger partial charge is 0.119 e. The molecule has 19 heavy (non-hydrogen) atoms. The van der Waals surface area contributed by atoms with E-state index in [4.69, 9.17) is 4.74 Å². The van der Waals surface area contributed by atoms with E-state index in [9.17, 15) is 5.11 Å². The molecule has 0 fully saturated rings. The minimum Gasteiger partial charge on any atom is -0.497 e. The van der Waals surface area contributed by atoms with Gasteiger partial charge < -0.3 is 9.84 Å². The van der Waals surface area contributed by atoms with Crippen LogP contribution in [0.4, 0.5) is 0 Å². The molecule has 0 amide bonds. The lowest BCUT2D eigenvalue weighted by molar-refractivity contribution is 0.0572. The second-order valence-electron chi connectivity index (χ2n) is 4.77. The van der Waals surface area contributed by atoms with Gasteiger partial charge >= 0.3 is 0 Å². The summed E-state index contributed by atoms with van der Waals surface area (Å²) in [6.45, 7) is 1.82. The molecule has 2 aromatic rings. The van der Waals surface area contributed by atoms with Crippen molar-refractivity contribution in [2.75, 3.05) is 7.11 Å². The zero-order valence-electron chi connectivity index (χ0n) is 11.1. The van der Waals surface area contributed by atoms with Crippen molar-refractivity contribution in [1.29, 1.82) is 0 Å². The minimum atomic E-state index is -0.932. The van der Waals surface area contributed by atoms with Crippen molar-refractivity contribution in [2.45, 2.75) is 18.9 Å². The van der Waals surface area contributed by atoms with Gasteiger partial charge in [-0.3, -0.25) is 0 Å². The van der Waals surface area contributed by atoms with E-state index in [1.54, 1.807) is 7.11 Å². The van der Waals surface area contributed by atoms with Gasteiger partial charge in [-0.2, -0.15) is 0 Å². The van der Waals surface area contributed by atoms with E-state index in [-0.39, 0.29) is 0 Å². The average molecular weight is 321 g/mol. The Morgan fingerprint density at radius 1 is 1.16 bits per heavy atom. The summed E-state index contributed by atoms with van der Waals surface area (Å²) in [5.74, 6) is 0.755. The summed E-state index contributed by atoms with van der Waals surface area (Å²) >= 11 is 3.51. The third-order valence-corrected chi connectivity index (χ3v) is 3.96. The summed E-state index contributed by atoms with van der Waals surface area (Å²) in [7, 11) is 1.63. The Balaban J connectivity index is 2.29. The van der Waals surface area contributed by atoms with Crippen molar-refractivity contribution < 1.29 is 9.84 Å². The third kappa shape index (κ3) is 3.37. The fourth-order valence-corrected chi connectivity index (χ4v) is 2.50. The molecule has 1 atom stereocenters. The Morgan fingerprint density at radius 3 is 2.58 bits per heavy atom. The molecule has 2 rings (SSSR count). The molecule has 0 heterocycles. The van der Waals surface area contributed by atoms with Gasteiger partial charge in [-0.25, -0.2) is 0 Å². The molecule has 0 aromatic heterocycles. The highest BCUT2D eigenvalue weighted by Crippen LogP contribution is 2.30. The molecule has 0 saturated carbocycles. The summed E-state index contributed by atoms with van der Waals surface area (Å²) in [6, 6.07) is 15.5. The summed E-state index contributed by atoms with van der Waals surface area (Å²) in [5, 5.41) is 10.7. The number of rotatable bonds is 4. The Morgan fingerprint density at radius 2 is 1.89 bits per heavy atom. The van der Waals surface area contributed by atoms with Crippen LogP contribution in [-0.2, 0) is 12.0 Å². The van der Waals surface area contributed by atoms with E-state index in [0.29, 0.717) is 6.42 Å². The molecule has 1 N–H and O–H groups in total. The first-order valence-electron chi connectivity index (χ1n) is 6.13. The monoisotopic (exact) mass is 320 g/mol. The van der Waals surface area contributed by atoms with E-state index in [1.807, 2.05) is 55.5 Å². The van der Waals surface area contributed by atoms with Crippen molar-refractivity contribution in [3.63, 3.8) is 0 Å². The van der Waals surface area contributed by atoms with Crippen LogP contribution in [0.15, 0.2) is 53.0 Å². The van der Waals surface area contributed by atoms with Crippen LogP contribution in [0.2, 0.25) is 0 Å². The summed E-state index contributed by atoms with van der Waals surface area (Å²) < 4.78 is 6.22. The highest BCUT2D eigenvalue weighted by atomic mass is 79.9. The highest BCUT2D eigenvalue weighted by Gasteiger charge is 2.24. The number of aliphatic hydroxyl groups is 1. The molecule has 0 spiro atoms. The Labute approximate surface area is 122 Å². The van der Waals surface area contributed by atoms with Crippen LogP contribution in [0.5, 0.6) is 5.75 Å². The molecule has 2 aromatic carbocycles. The zero-order chi connectivity index (χ0) is 13.9. The van der Waals surface area contributed by atoms with Gasteiger partial charge in [0, 0.05) is 10.9 Å². The van der Waals surface area contributed by atoms with Gasteiger partial charge in [0.15, 0.2) is 0 Å². The molecule has 3 heteroatoms. The lowest BCUT2D eigenvalue weighted by atomic mass is 9.89. The van der Waals surface area contributed by atoms with Gasteiger partial charge in [-0.15, -0.1) is 0 Å².